The molecule has 23 heavy (non-hydrogen) atoms. The van der Waals surface area contributed by atoms with E-state index in [1.54, 1.807) is 0 Å². The molecule has 0 bridgehead atoms. The van der Waals surface area contributed by atoms with Gasteiger partial charge in [-0.3, -0.25) is 0 Å². The predicted octanol–water partition coefficient (Wildman–Crippen LogP) is 3.57. The van der Waals surface area contributed by atoms with Crippen LogP contribution in [0.5, 0.6) is 5.75 Å². The van der Waals surface area contributed by atoms with Gasteiger partial charge in [-0.1, -0.05) is 48.0 Å². The van der Waals surface area contributed by atoms with Crippen LogP contribution in [0.2, 0.25) is 0 Å². The highest BCUT2D eigenvalue weighted by atomic mass is 16.5. The first-order chi connectivity index (χ1) is 11.1. The molecular formula is C19H24N2O2. The normalized spacial score (nSPS) is 10.2. The van der Waals surface area contributed by atoms with Gasteiger partial charge in [-0.2, -0.15) is 0 Å². The summed E-state index contributed by atoms with van der Waals surface area (Å²) < 4.78 is 5.69. The van der Waals surface area contributed by atoms with E-state index in [4.69, 9.17) is 4.74 Å². The zero-order chi connectivity index (χ0) is 16.5. The van der Waals surface area contributed by atoms with E-state index in [9.17, 15) is 4.79 Å². The highest BCUT2D eigenvalue weighted by molar-refractivity contribution is 5.73. The van der Waals surface area contributed by atoms with Crippen LogP contribution in [0.4, 0.5) is 4.79 Å². The Hall–Kier alpha value is -2.49. The minimum absolute atomic E-state index is 0.151. The van der Waals surface area contributed by atoms with Crippen molar-refractivity contribution in [2.24, 2.45) is 0 Å². The molecule has 4 nitrogen and oxygen atoms in total. The van der Waals surface area contributed by atoms with Gasteiger partial charge >= 0.3 is 6.03 Å². The largest absolute Gasteiger partial charge is 0.493 e. The molecule has 0 aliphatic rings. The summed E-state index contributed by atoms with van der Waals surface area (Å²) in [6.07, 6.45) is 0.770. The number of para-hydroxylation sites is 1. The summed E-state index contributed by atoms with van der Waals surface area (Å²) in [7, 11) is 0. The number of benzene rings is 2. The average Bonchev–Trinajstić information content (AvgIpc) is 2.54. The van der Waals surface area contributed by atoms with Crippen LogP contribution in [0.15, 0.2) is 48.5 Å². The molecule has 2 aromatic rings. The molecule has 0 unspecified atom stereocenters. The molecule has 2 amide bonds. The number of carbonyl (C=O) groups is 1. The van der Waals surface area contributed by atoms with Crippen LogP contribution in [-0.4, -0.2) is 19.2 Å². The third-order valence-electron chi connectivity index (χ3n) is 3.49. The molecular weight excluding hydrogens is 288 g/mol. The van der Waals surface area contributed by atoms with Gasteiger partial charge < -0.3 is 15.4 Å². The molecule has 0 saturated carbocycles. The third-order valence-corrected chi connectivity index (χ3v) is 3.49. The van der Waals surface area contributed by atoms with Gasteiger partial charge in [0.2, 0.25) is 0 Å². The van der Waals surface area contributed by atoms with Crippen molar-refractivity contribution in [2.45, 2.75) is 26.8 Å². The van der Waals surface area contributed by atoms with E-state index in [-0.39, 0.29) is 6.03 Å². The molecule has 2 N–H and O–H groups in total. The minimum Gasteiger partial charge on any atom is -0.493 e. The maximum Gasteiger partial charge on any atom is 0.315 e. The summed E-state index contributed by atoms with van der Waals surface area (Å²) in [5.41, 5.74) is 3.41. The highest BCUT2D eigenvalue weighted by Crippen LogP contribution is 2.15. The summed E-state index contributed by atoms with van der Waals surface area (Å²) in [4.78, 5) is 11.7. The van der Waals surface area contributed by atoms with Crippen molar-refractivity contribution >= 4 is 6.03 Å². The predicted molar refractivity (Wildman–Crippen MR) is 92.7 cm³/mol. The quantitative estimate of drug-likeness (QED) is 0.768. The van der Waals surface area contributed by atoms with Gasteiger partial charge in [0.1, 0.15) is 5.75 Å². The summed E-state index contributed by atoms with van der Waals surface area (Å²) in [6.45, 7) is 5.77. The first-order valence-corrected chi connectivity index (χ1v) is 7.91. The van der Waals surface area contributed by atoms with Crippen molar-refractivity contribution in [2.75, 3.05) is 13.2 Å². The second kappa shape index (κ2) is 8.83. The Morgan fingerprint density at radius 1 is 1.04 bits per heavy atom. The lowest BCUT2D eigenvalue weighted by atomic mass is 10.1. The van der Waals surface area contributed by atoms with E-state index < -0.39 is 0 Å². The molecule has 0 spiro atoms. The number of ether oxygens (including phenoxy) is 1. The van der Waals surface area contributed by atoms with Crippen LogP contribution in [0.3, 0.4) is 0 Å². The molecule has 0 heterocycles. The molecule has 0 atom stereocenters. The Bertz CT molecular complexity index is 641. The van der Waals surface area contributed by atoms with Crippen LogP contribution in [0.25, 0.3) is 0 Å². The van der Waals surface area contributed by atoms with Gasteiger partial charge in [0, 0.05) is 13.1 Å². The van der Waals surface area contributed by atoms with Crippen molar-refractivity contribution in [3.05, 3.63) is 65.2 Å². The first-order valence-electron chi connectivity index (χ1n) is 7.91. The standard InChI is InChI=1S/C19H24N2O2/c1-15-7-5-9-17(13-15)14-21-19(22)20-11-6-12-23-18-10-4-3-8-16(18)2/h3-5,7-10,13H,6,11-12,14H2,1-2H3,(H2,20,21,22). The first kappa shape index (κ1) is 16.9. The number of urea groups is 1. The lowest BCUT2D eigenvalue weighted by Gasteiger charge is -2.10. The molecule has 0 aliphatic heterocycles. The van der Waals surface area contributed by atoms with E-state index in [0.29, 0.717) is 19.7 Å². The Morgan fingerprint density at radius 2 is 1.87 bits per heavy atom. The molecule has 0 radical (unpaired) electrons. The second-order valence-corrected chi connectivity index (χ2v) is 5.57. The fourth-order valence-corrected chi connectivity index (χ4v) is 2.24. The van der Waals surface area contributed by atoms with Crippen LogP contribution in [0.1, 0.15) is 23.1 Å². The zero-order valence-corrected chi connectivity index (χ0v) is 13.8. The lowest BCUT2D eigenvalue weighted by Crippen LogP contribution is -2.36. The molecule has 122 valence electrons. The number of nitrogens with one attached hydrogen (secondary N) is 2. The lowest BCUT2D eigenvalue weighted by molar-refractivity contribution is 0.238. The molecule has 4 heteroatoms. The maximum absolute atomic E-state index is 11.7. The molecule has 0 saturated heterocycles. The van der Waals surface area contributed by atoms with Gasteiger partial charge in [-0.15, -0.1) is 0 Å². The van der Waals surface area contributed by atoms with Crippen LogP contribution in [0, 0.1) is 13.8 Å². The van der Waals surface area contributed by atoms with Crippen molar-refractivity contribution in [3.63, 3.8) is 0 Å². The SMILES string of the molecule is Cc1cccc(CNC(=O)NCCCOc2ccccc2C)c1. The topological polar surface area (TPSA) is 50.4 Å². The van der Waals surface area contributed by atoms with E-state index >= 15 is 0 Å². The number of amides is 2. The Kier molecular flexibility index (Phi) is 6.48. The average molecular weight is 312 g/mol. The monoisotopic (exact) mass is 312 g/mol. The van der Waals surface area contributed by atoms with Gasteiger partial charge in [-0.05, 0) is 37.5 Å². The minimum atomic E-state index is -0.151. The maximum atomic E-state index is 11.7. The van der Waals surface area contributed by atoms with Gasteiger partial charge in [0.15, 0.2) is 0 Å². The Morgan fingerprint density at radius 3 is 2.65 bits per heavy atom. The van der Waals surface area contributed by atoms with E-state index in [2.05, 4.69) is 16.7 Å². The molecule has 0 aliphatic carbocycles. The van der Waals surface area contributed by atoms with E-state index in [1.807, 2.05) is 56.3 Å². The van der Waals surface area contributed by atoms with E-state index in [1.165, 1.54) is 5.56 Å². The van der Waals surface area contributed by atoms with Crippen LogP contribution < -0.4 is 15.4 Å². The fraction of sp³-hybridized carbons (Fsp3) is 0.316. The van der Waals surface area contributed by atoms with E-state index in [0.717, 1.165) is 23.3 Å². The van der Waals surface area contributed by atoms with Gasteiger partial charge in [0.25, 0.3) is 0 Å². The number of hydrogen-bond donors (Lipinski definition) is 2. The summed E-state index contributed by atoms with van der Waals surface area (Å²) in [5, 5.41) is 5.69. The van der Waals surface area contributed by atoms with Crippen molar-refractivity contribution in [1.29, 1.82) is 0 Å². The third kappa shape index (κ3) is 6.02. The second-order valence-electron chi connectivity index (χ2n) is 5.57. The van der Waals surface area contributed by atoms with Crippen molar-refractivity contribution in [3.8, 4) is 5.75 Å². The molecule has 2 aromatic carbocycles. The number of hydrogen-bond acceptors (Lipinski definition) is 2. The van der Waals surface area contributed by atoms with Gasteiger partial charge in [0.05, 0.1) is 6.61 Å². The molecule has 2 rings (SSSR count). The summed E-state index contributed by atoms with van der Waals surface area (Å²) >= 11 is 0. The highest BCUT2D eigenvalue weighted by Gasteiger charge is 2.01. The van der Waals surface area contributed by atoms with Crippen molar-refractivity contribution < 1.29 is 9.53 Å². The number of carbonyl (C=O) groups excluding carboxylic acids is 1. The number of rotatable bonds is 7. The van der Waals surface area contributed by atoms with Crippen molar-refractivity contribution in [1.82, 2.24) is 10.6 Å². The fourth-order valence-electron chi connectivity index (χ4n) is 2.24. The smallest absolute Gasteiger partial charge is 0.315 e. The Labute approximate surface area is 137 Å². The summed E-state index contributed by atoms with van der Waals surface area (Å²) in [5.74, 6) is 0.899. The van der Waals surface area contributed by atoms with Crippen LogP contribution >= 0.6 is 0 Å². The summed E-state index contributed by atoms with van der Waals surface area (Å²) in [6, 6.07) is 15.9. The van der Waals surface area contributed by atoms with Crippen LogP contribution in [-0.2, 0) is 6.54 Å². The molecule has 0 fully saturated rings. The van der Waals surface area contributed by atoms with Gasteiger partial charge in [-0.25, -0.2) is 4.79 Å². The Balaban J connectivity index is 1.59. The molecule has 0 aromatic heterocycles. The number of aryl methyl sites for hydroxylation is 2. The zero-order valence-electron chi connectivity index (χ0n) is 13.8.